The number of benzene rings is 3. The van der Waals surface area contributed by atoms with Gasteiger partial charge in [-0.2, -0.15) is 0 Å². The number of anilines is 1. The van der Waals surface area contributed by atoms with Crippen LogP contribution >= 0.6 is 11.8 Å². The van der Waals surface area contributed by atoms with Gasteiger partial charge < -0.3 is 10.2 Å². The number of aryl methyl sites for hydroxylation is 1. The third-order valence-corrected chi connectivity index (χ3v) is 6.62. The summed E-state index contributed by atoms with van der Waals surface area (Å²) in [6.07, 6.45) is 3.92. The lowest BCUT2D eigenvalue weighted by atomic mass is 10.1. The van der Waals surface area contributed by atoms with Crippen LogP contribution < -0.4 is 10.2 Å². The Bertz CT molecular complexity index is 1180. The average Bonchev–Trinajstić information content (AvgIpc) is 2.82. The van der Waals surface area contributed by atoms with Gasteiger partial charge in [0.2, 0.25) is 0 Å². The van der Waals surface area contributed by atoms with Gasteiger partial charge in [-0.3, -0.25) is 9.59 Å². The van der Waals surface area contributed by atoms with Crippen LogP contribution in [0.1, 0.15) is 46.8 Å². The van der Waals surface area contributed by atoms with E-state index in [1.807, 2.05) is 65.6 Å². The molecular weight excluding hydrogens is 428 g/mol. The topological polar surface area (TPSA) is 49.4 Å². The highest BCUT2D eigenvalue weighted by atomic mass is 32.2. The lowest BCUT2D eigenvalue weighted by molar-refractivity contribution is -0.114. The van der Waals surface area contributed by atoms with E-state index in [1.54, 1.807) is 0 Å². The summed E-state index contributed by atoms with van der Waals surface area (Å²) >= 11 is 1.49. The number of carbonyl (C=O) groups excluding carboxylic acids is 2. The van der Waals surface area contributed by atoms with Crippen molar-refractivity contribution in [2.24, 2.45) is 0 Å². The van der Waals surface area contributed by atoms with E-state index in [9.17, 15) is 9.59 Å². The van der Waals surface area contributed by atoms with Crippen molar-refractivity contribution in [3.63, 3.8) is 0 Å². The number of hydrogen-bond donors (Lipinski definition) is 1. The smallest absolute Gasteiger partial charge is 0.265 e. The molecule has 0 saturated carbocycles. The first-order valence-corrected chi connectivity index (χ1v) is 12.1. The van der Waals surface area contributed by atoms with Gasteiger partial charge in [-0.15, -0.1) is 0 Å². The number of para-hydroxylation sites is 1. The average molecular weight is 457 g/mol. The van der Waals surface area contributed by atoms with Crippen LogP contribution in [-0.2, 0) is 11.3 Å². The number of carbonyl (C=O) groups is 2. The minimum atomic E-state index is -0.0657. The lowest BCUT2D eigenvalue weighted by Gasteiger charge is -2.30. The van der Waals surface area contributed by atoms with Crippen molar-refractivity contribution >= 4 is 35.3 Å². The third-order valence-electron chi connectivity index (χ3n) is 5.54. The second kappa shape index (κ2) is 10.5. The van der Waals surface area contributed by atoms with Crippen molar-refractivity contribution in [2.45, 2.75) is 38.1 Å². The molecule has 0 saturated heterocycles. The molecule has 4 rings (SSSR count). The Morgan fingerprint density at radius 3 is 2.58 bits per heavy atom. The standard InChI is InChI=1S/C28H28N2O2S/c1-3-4-16-29-27(31)23-14-12-21(13-15-23)18-26-28(32)30(19-22-9-7-8-20(2)17-22)24-10-5-6-11-25(24)33-26/h5-15,17-18H,3-4,16,19H2,1-2H3,(H,29,31)/b26-18+. The lowest BCUT2D eigenvalue weighted by Crippen LogP contribution is -2.33. The number of fused-ring (bicyclic) bond motifs is 1. The highest BCUT2D eigenvalue weighted by Gasteiger charge is 2.29. The summed E-state index contributed by atoms with van der Waals surface area (Å²) in [6, 6.07) is 23.7. The third kappa shape index (κ3) is 5.55. The molecule has 1 heterocycles. The van der Waals surface area contributed by atoms with E-state index in [4.69, 9.17) is 0 Å². The number of rotatable bonds is 7. The van der Waals surface area contributed by atoms with E-state index in [0.29, 0.717) is 23.6 Å². The van der Waals surface area contributed by atoms with E-state index in [2.05, 4.69) is 37.4 Å². The Kier molecular flexibility index (Phi) is 7.30. The number of hydrogen-bond acceptors (Lipinski definition) is 3. The highest BCUT2D eigenvalue weighted by molar-refractivity contribution is 8.04. The number of amides is 2. The molecule has 3 aromatic rings. The molecule has 3 aromatic carbocycles. The van der Waals surface area contributed by atoms with Crippen LogP contribution in [0, 0.1) is 6.92 Å². The van der Waals surface area contributed by atoms with Crippen LogP contribution in [0.2, 0.25) is 0 Å². The summed E-state index contributed by atoms with van der Waals surface area (Å²) < 4.78 is 0. The van der Waals surface area contributed by atoms with E-state index in [0.717, 1.165) is 34.6 Å². The van der Waals surface area contributed by atoms with Crippen LogP contribution in [0.25, 0.3) is 6.08 Å². The van der Waals surface area contributed by atoms with Gasteiger partial charge in [0.15, 0.2) is 0 Å². The monoisotopic (exact) mass is 456 g/mol. The second-order valence-electron chi connectivity index (χ2n) is 8.19. The minimum absolute atomic E-state index is 0.0124. The SMILES string of the molecule is CCCCNC(=O)c1ccc(/C=C2/Sc3ccccc3N(Cc3cccc(C)c3)C2=O)cc1. The Morgan fingerprint density at radius 1 is 1.03 bits per heavy atom. The second-order valence-corrected chi connectivity index (χ2v) is 9.27. The predicted octanol–water partition coefficient (Wildman–Crippen LogP) is 6.20. The van der Waals surface area contributed by atoms with Gasteiger partial charge in [0.1, 0.15) is 0 Å². The van der Waals surface area contributed by atoms with Gasteiger partial charge in [-0.1, -0.05) is 79.2 Å². The molecule has 0 fully saturated rings. The molecule has 1 N–H and O–H groups in total. The van der Waals surface area contributed by atoms with Gasteiger partial charge in [0.05, 0.1) is 17.1 Å². The summed E-state index contributed by atoms with van der Waals surface area (Å²) in [5.41, 5.74) is 4.73. The van der Waals surface area contributed by atoms with Crippen molar-refractivity contribution in [2.75, 3.05) is 11.4 Å². The van der Waals surface area contributed by atoms with Crippen LogP contribution in [-0.4, -0.2) is 18.4 Å². The van der Waals surface area contributed by atoms with Gasteiger partial charge in [0, 0.05) is 17.0 Å². The Balaban J connectivity index is 1.58. The normalized spacial score (nSPS) is 14.3. The predicted molar refractivity (Wildman–Crippen MR) is 136 cm³/mol. The molecule has 0 radical (unpaired) electrons. The van der Waals surface area contributed by atoms with Crippen LogP contribution in [0.5, 0.6) is 0 Å². The summed E-state index contributed by atoms with van der Waals surface area (Å²) in [5, 5.41) is 2.93. The maximum atomic E-state index is 13.5. The molecule has 0 aromatic heterocycles. The van der Waals surface area contributed by atoms with E-state index in [-0.39, 0.29) is 11.8 Å². The maximum Gasteiger partial charge on any atom is 0.265 e. The van der Waals surface area contributed by atoms with Crippen molar-refractivity contribution in [1.29, 1.82) is 0 Å². The van der Waals surface area contributed by atoms with Crippen molar-refractivity contribution < 1.29 is 9.59 Å². The molecule has 5 heteroatoms. The van der Waals surface area contributed by atoms with Crippen LogP contribution in [0.3, 0.4) is 0 Å². The van der Waals surface area contributed by atoms with Crippen molar-refractivity contribution in [1.82, 2.24) is 5.32 Å². The van der Waals surface area contributed by atoms with Crippen LogP contribution in [0.4, 0.5) is 5.69 Å². The molecule has 33 heavy (non-hydrogen) atoms. The molecule has 4 nitrogen and oxygen atoms in total. The first-order valence-electron chi connectivity index (χ1n) is 11.3. The van der Waals surface area contributed by atoms with Crippen molar-refractivity contribution in [3.05, 3.63) is 100.0 Å². The quantitative estimate of drug-likeness (QED) is 0.340. The largest absolute Gasteiger partial charge is 0.352 e. The molecule has 0 unspecified atom stereocenters. The number of nitrogens with one attached hydrogen (secondary N) is 1. The molecule has 168 valence electrons. The Morgan fingerprint density at radius 2 is 1.82 bits per heavy atom. The summed E-state index contributed by atoms with van der Waals surface area (Å²) in [4.78, 5) is 29.3. The zero-order chi connectivity index (χ0) is 23.2. The zero-order valence-electron chi connectivity index (χ0n) is 19.0. The molecule has 1 aliphatic rings. The maximum absolute atomic E-state index is 13.5. The molecule has 2 amide bonds. The molecule has 0 atom stereocenters. The fourth-order valence-corrected chi connectivity index (χ4v) is 4.83. The number of thioether (sulfide) groups is 1. The van der Waals surface area contributed by atoms with Gasteiger partial charge in [0.25, 0.3) is 11.8 Å². The Labute approximate surface area is 199 Å². The highest BCUT2D eigenvalue weighted by Crippen LogP contribution is 2.42. The molecule has 0 spiro atoms. The number of unbranched alkanes of at least 4 members (excludes halogenated alkanes) is 1. The molecule has 0 aliphatic carbocycles. The zero-order valence-corrected chi connectivity index (χ0v) is 19.8. The fraction of sp³-hybridized carbons (Fsp3) is 0.214. The van der Waals surface area contributed by atoms with E-state index < -0.39 is 0 Å². The van der Waals surface area contributed by atoms with Crippen molar-refractivity contribution in [3.8, 4) is 0 Å². The fourth-order valence-electron chi connectivity index (χ4n) is 3.78. The minimum Gasteiger partial charge on any atom is -0.352 e. The summed E-state index contributed by atoms with van der Waals surface area (Å²) in [5.74, 6) is -0.0781. The number of nitrogens with zero attached hydrogens (tertiary/aromatic N) is 1. The molecule has 1 aliphatic heterocycles. The van der Waals surface area contributed by atoms with Gasteiger partial charge in [-0.05, 0) is 54.8 Å². The van der Waals surface area contributed by atoms with Crippen LogP contribution in [0.15, 0.2) is 82.6 Å². The molecular formula is C28H28N2O2S. The van der Waals surface area contributed by atoms with E-state index in [1.165, 1.54) is 17.3 Å². The Hall–Kier alpha value is -3.31. The van der Waals surface area contributed by atoms with Gasteiger partial charge >= 0.3 is 0 Å². The summed E-state index contributed by atoms with van der Waals surface area (Å²) in [7, 11) is 0. The first kappa shape index (κ1) is 22.9. The summed E-state index contributed by atoms with van der Waals surface area (Å²) in [6.45, 7) is 5.36. The first-order chi connectivity index (χ1) is 16.0. The van der Waals surface area contributed by atoms with Gasteiger partial charge in [-0.25, -0.2) is 0 Å². The molecule has 0 bridgehead atoms. The van der Waals surface area contributed by atoms with E-state index >= 15 is 0 Å².